The van der Waals surface area contributed by atoms with Crippen LogP contribution >= 0.6 is 23.5 Å². The van der Waals surface area contributed by atoms with E-state index in [9.17, 15) is 5.26 Å². The minimum Gasteiger partial charge on any atom is -0.195 e. The van der Waals surface area contributed by atoms with Gasteiger partial charge in [-0.05, 0) is 5.56 Å². The van der Waals surface area contributed by atoms with Crippen LogP contribution in [0.2, 0.25) is 0 Å². The van der Waals surface area contributed by atoms with Crippen molar-refractivity contribution in [1.82, 2.24) is 0 Å². The average molecular weight is 207 g/mol. The second-order valence-electron chi connectivity index (χ2n) is 2.79. The van der Waals surface area contributed by atoms with Crippen molar-refractivity contribution in [2.45, 2.75) is 4.08 Å². The highest BCUT2D eigenvalue weighted by Crippen LogP contribution is 2.51. The van der Waals surface area contributed by atoms with Gasteiger partial charge in [0.1, 0.15) is 0 Å². The molecule has 0 N–H and O–H groups in total. The first-order chi connectivity index (χ1) is 6.37. The number of hydrogen-bond acceptors (Lipinski definition) is 3. The average Bonchev–Trinajstić information content (AvgIpc) is 2.69. The second-order valence-corrected chi connectivity index (χ2v) is 5.67. The summed E-state index contributed by atoms with van der Waals surface area (Å²) in [5.41, 5.74) is 1.13. The molecule has 0 unspecified atom stereocenters. The Morgan fingerprint density at radius 1 is 1.15 bits per heavy atom. The molecule has 1 saturated heterocycles. The van der Waals surface area contributed by atoms with E-state index in [4.69, 9.17) is 0 Å². The Labute approximate surface area is 86.5 Å². The largest absolute Gasteiger partial charge is 0.195 e. The van der Waals surface area contributed by atoms with Gasteiger partial charge in [-0.2, -0.15) is 5.26 Å². The fourth-order valence-electron chi connectivity index (χ4n) is 1.37. The highest BCUT2D eigenvalue weighted by Gasteiger charge is 2.37. The Morgan fingerprint density at radius 2 is 1.77 bits per heavy atom. The summed E-state index contributed by atoms with van der Waals surface area (Å²) < 4.78 is -0.332. The molecule has 0 saturated carbocycles. The fraction of sp³-hybridized carbons (Fsp3) is 0.300. The summed E-state index contributed by atoms with van der Waals surface area (Å²) in [5.74, 6) is 2.15. The van der Waals surface area contributed by atoms with Crippen molar-refractivity contribution in [2.24, 2.45) is 0 Å². The minimum absolute atomic E-state index is 0.332. The van der Waals surface area contributed by atoms with E-state index in [-0.39, 0.29) is 4.08 Å². The molecule has 0 amide bonds. The zero-order chi connectivity index (χ0) is 9.15. The quantitative estimate of drug-likeness (QED) is 0.707. The van der Waals surface area contributed by atoms with Gasteiger partial charge in [-0.1, -0.05) is 30.3 Å². The number of nitrogens with zero attached hydrogens (tertiary/aromatic N) is 1. The van der Waals surface area contributed by atoms with E-state index < -0.39 is 0 Å². The maximum absolute atomic E-state index is 9.18. The first kappa shape index (κ1) is 8.98. The maximum atomic E-state index is 9.18. The summed E-state index contributed by atoms with van der Waals surface area (Å²) in [6.07, 6.45) is 0. The lowest BCUT2D eigenvalue weighted by Gasteiger charge is -2.18. The van der Waals surface area contributed by atoms with Crippen molar-refractivity contribution >= 4 is 23.5 Å². The van der Waals surface area contributed by atoms with Crippen LogP contribution in [0.4, 0.5) is 0 Å². The first-order valence-electron chi connectivity index (χ1n) is 4.12. The monoisotopic (exact) mass is 207 g/mol. The van der Waals surface area contributed by atoms with Gasteiger partial charge in [-0.3, -0.25) is 0 Å². The first-order valence-corrected chi connectivity index (χ1v) is 6.09. The zero-order valence-electron chi connectivity index (χ0n) is 7.06. The van der Waals surface area contributed by atoms with Gasteiger partial charge in [0.05, 0.1) is 6.07 Å². The van der Waals surface area contributed by atoms with Crippen LogP contribution in [0, 0.1) is 11.3 Å². The van der Waals surface area contributed by atoms with Gasteiger partial charge in [0.2, 0.25) is 0 Å². The zero-order valence-corrected chi connectivity index (χ0v) is 8.70. The molecule has 0 radical (unpaired) electrons. The van der Waals surface area contributed by atoms with E-state index in [1.807, 2.05) is 30.3 Å². The Morgan fingerprint density at radius 3 is 2.31 bits per heavy atom. The summed E-state index contributed by atoms with van der Waals surface area (Å²) in [6, 6.07) is 12.5. The highest BCUT2D eigenvalue weighted by atomic mass is 32.2. The van der Waals surface area contributed by atoms with Crippen molar-refractivity contribution in [3.8, 4) is 6.07 Å². The van der Waals surface area contributed by atoms with E-state index in [1.54, 1.807) is 23.5 Å². The Kier molecular flexibility index (Phi) is 2.52. The van der Waals surface area contributed by atoms with Gasteiger partial charge in [0, 0.05) is 11.5 Å². The molecule has 1 aromatic carbocycles. The third-order valence-corrected chi connectivity index (χ3v) is 5.24. The Balaban J connectivity index is 2.38. The van der Waals surface area contributed by atoms with Gasteiger partial charge < -0.3 is 0 Å². The highest BCUT2D eigenvalue weighted by molar-refractivity contribution is 8.20. The molecule has 1 aromatic rings. The number of rotatable bonds is 1. The number of hydrogen-bond donors (Lipinski definition) is 0. The van der Waals surface area contributed by atoms with E-state index >= 15 is 0 Å². The van der Waals surface area contributed by atoms with Crippen LogP contribution in [0.3, 0.4) is 0 Å². The SMILES string of the molecule is N#CC1(c2ccccc2)SCCS1. The molecule has 2 rings (SSSR count). The number of thioether (sulfide) groups is 2. The molecule has 0 bridgehead atoms. The molecular formula is C10H9NS2. The van der Waals surface area contributed by atoms with Crippen LogP contribution in [0.15, 0.2) is 30.3 Å². The lowest BCUT2D eigenvalue weighted by atomic mass is 10.1. The van der Waals surface area contributed by atoms with Crippen molar-refractivity contribution in [3.05, 3.63) is 35.9 Å². The topological polar surface area (TPSA) is 23.8 Å². The fourth-order valence-corrected chi connectivity index (χ4v) is 4.18. The lowest BCUT2D eigenvalue weighted by Crippen LogP contribution is -2.10. The smallest absolute Gasteiger partial charge is 0.173 e. The van der Waals surface area contributed by atoms with Crippen molar-refractivity contribution in [3.63, 3.8) is 0 Å². The van der Waals surface area contributed by atoms with Crippen LogP contribution in [0.1, 0.15) is 5.56 Å². The Bertz CT molecular complexity index is 323. The van der Waals surface area contributed by atoms with E-state index in [0.717, 1.165) is 17.1 Å². The minimum atomic E-state index is -0.332. The van der Waals surface area contributed by atoms with Crippen LogP contribution in [-0.4, -0.2) is 11.5 Å². The van der Waals surface area contributed by atoms with Crippen LogP contribution in [-0.2, 0) is 4.08 Å². The van der Waals surface area contributed by atoms with Gasteiger partial charge in [0.25, 0.3) is 0 Å². The van der Waals surface area contributed by atoms with Crippen LogP contribution < -0.4 is 0 Å². The molecule has 0 aliphatic carbocycles. The molecule has 13 heavy (non-hydrogen) atoms. The molecule has 0 aromatic heterocycles. The molecule has 1 heterocycles. The summed E-state index contributed by atoms with van der Waals surface area (Å²) in [7, 11) is 0. The van der Waals surface area contributed by atoms with Crippen molar-refractivity contribution < 1.29 is 0 Å². The predicted octanol–water partition coefficient (Wildman–Crippen LogP) is 2.84. The van der Waals surface area contributed by atoms with Crippen LogP contribution in [0.5, 0.6) is 0 Å². The number of benzene rings is 1. The molecule has 1 aliphatic rings. The van der Waals surface area contributed by atoms with Gasteiger partial charge in [-0.25, -0.2) is 0 Å². The molecule has 3 heteroatoms. The van der Waals surface area contributed by atoms with Crippen molar-refractivity contribution in [2.75, 3.05) is 11.5 Å². The molecular weight excluding hydrogens is 198 g/mol. The molecule has 0 atom stereocenters. The lowest BCUT2D eigenvalue weighted by molar-refractivity contribution is 1.16. The predicted molar refractivity (Wildman–Crippen MR) is 58.6 cm³/mol. The summed E-state index contributed by atoms with van der Waals surface area (Å²) >= 11 is 3.49. The van der Waals surface area contributed by atoms with E-state index in [1.165, 1.54) is 0 Å². The normalized spacial score (nSPS) is 19.6. The molecule has 66 valence electrons. The third kappa shape index (κ3) is 1.56. The summed E-state index contributed by atoms with van der Waals surface area (Å²) in [4.78, 5) is 0. The standard InChI is InChI=1S/C10H9NS2/c11-8-10(12-6-7-13-10)9-4-2-1-3-5-9/h1-5H,6-7H2. The van der Waals surface area contributed by atoms with Crippen LogP contribution in [0.25, 0.3) is 0 Å². The molecule has 1 aliphatic heterocycles. The van der Waals surface area contributed by atoms with Gasteiger partial charge in [-0.15, -0.1) is 23.5 Å². The molecule has 1 fully saturated rings. The van der Waals surface area contributed by atoms with E-state index in [0.29, 0.717) is 0 Å². The van der Waals surface area contributed by atoms with Gasteiger partial charge in [0.15, 0.2) is 4.08 Å². The molecule has 1 nitrogen and oxygen atoms in total. The van der Waals surface area contributed by atoms with E-state index in [2.05, 4.69) is 6.07 Å². The summed E-state index contributed by atoms with van der Waals surface area (Å²) in [5, 5.41) is 9.18. The third-order valence-electron chi connectivity index (χ3n) is 2.00. The maximum Gasteiger partial charge on any atom is 0.173 e. The van der Waals surface area contributed by atoms with Crippen molar-refractivity contribution in [1.29, 1.82) is 5.26 Å². The number of nitriles is 1. The van der Waals surface area contributed by atoms with Gasteiger partial charge >= 0.3 is 0 Å². The summed E-state index contributed by atoms with van der Waals surface area (Å²) in [6.45, 7) is 0. The second kappa shape index (κ2) is 3.65. The molecule has 0 spiro atoms. The Hall–Kier alpha value is -0.590.